The average molecular weight is 337 g/mol. The van der Waals surface area contributed by atoms with Crippen LogP contribution in [0, 0.1) is 20.8 Å². The van der Waals surface area contributed by atoms with Crippen molar-refractivity contribution in [1.82, 2.24) is 4.98 Å². The second kappa shape index (κ2) is 7.05. The SMILES string of the molecule is Cc1cc(C)c(NC(=O)Cc2ccc(N3CCCC3=O)cc2)c(C)n1. The third-order valence-corrected chi connectivity index (χ3v) is 4.48. The van der Waals surface area contributed by atoms with Gasteiger partial charge in [0.05, 0.1) is 17.8 Å². The number of nitrogens with one attached hydrogen (secondary N) is 1. The van der Waals surface area contributed by atoms with E-state index in [9.17, 15) is 9.59 Å². The predicted octanol–water partition coefficient (Wildman–Crippen LogP) is 3.31. The molecule has 130 valence electrons. The van der Waals surface area contributed by atoms with Crippen molar-refractivity contribution in [3.8, 4) is 0 Å². The molecule has 1 saturated heterocycles. The summed E-state index contributed by atoms with van der Waals surface area (Å²) < 4.78 is 0. The van der Waals surface area contributed by atoms with Crippen LogP contribution in [0.3, 0.4) is 0 Å². The van der Waals surface area contributed by atoms with Crippen LogP contribution in [0.25, 0.3) is 0 Å². The lowest BCUT2D eigenvalue weighted by atomic mass is 10.1. The van der Waals surface area contributed by atoms with Crippen LogP contribution in [-0.2, 0) is 16.0 Å². The van der Waals surface area contributed by atoms with Crippen LogP contribution >= 0.6 is 0 Å². The Bertz CT molecular complexity index is 789. The highest BCUT2D eigenvalue weighted by Crippen LogP contribution is 2.22. The molecule has 5 heteroatoms. The molecule has 1 N–H and O–H groups in total. The Morgan fingerprint density at radius 1 is 1.20 bits per heavy atom. The molecule has 1 fully saturated rings. The summed E-state index contributed by atoms with van der Waals surface area (Å²) in [7, 11) is 0. The number of nitrogens with zero attached hydrogens (tertiary/aromatic N) is 2. The number of carbonyl (C=O) groups excluding carboxylic acids is 2. The third-order valence-electron chi connectivity index (χ3n) is 4.48. The van der Waals surface area contributed by atoms with Gasteiger partial charge < -0.3 is 10.2 Å². The Morgan fingerprint density at radius 2 is 1.92 bits per heavy atom. The van der Waals surface area contributed by atoms with Crippen molar-refractivity contribution in [2.45, 2.75) is 40.0 Å². The highest BCUT2D eigenvalue weighted by Gasteiger charge is 2.21. The van der Waals surface area contributed by atoms with Crippen LogP contribution in [0.4, 0.5) is 11.4 Å². The van der Waals surface area contributed by atoms with Gasteiger partial charge in [0.25, 0.3) is 0 Å². The van der Waals surface area contributed by atoms with Crippen LogP contribution in [0.15, 0.2) is 30.3 Å². The minimum Gasteiger partial charge on any atom is -0.324 e. The first-order valence-corrected chi connectivity index (χ1v) is 8.58. The van der Waals surface area contributed by atoms with E-state index in [0.717, 1.165) is 46.9 Å². The Kier molecular flexibility index (Phi) is 4.83. The summed E-state index contributed by atoms with van der Waals surface area (Å²) in [4.78, 5) is 30.4. The number of hydrogen-bond donors (Lipinski definition) is 1. The van der Waals surface area contributed by atoms with Gasteiger partial charge in [0.15, 0.2) is 0 Å². The highest BCUT2D eigenvalue weighted by atomic mass is 16.2. The number of amides is 2. The Balaban J connectivity index is 1.66. The Hall–Kier alpha value is -2.69. The van der Waals surface area contributed by atoms with E-state index >= 15 is 0 Å². The van der Waals surface area contributed by atoms with Crippen LogP contribution in [0.1, 0.15) is 35.4 Å². The maximum Gasteiger partial charge on any atom is 0.228 e. The summed E-state index contributed by atoms with van der Waals surface area (Å²) in [5, 5.41) is 2.96. The van der Waals surface area contributed by atoms with E-state index in [1.165, 1.54) is 0 Å². The molecule has 0 unspecified atom stereocenters. The third kappa shape index (κ3) is 3.87. The number of aryl methyl sites for hydroxylation is 3. The normalized spacial score (nSPS) is 14.0. The summed E-state index contributed by atoms with van der Waals surface area (Å²) in [6.45, 7) is 6.59. The van der Waals surface area contributed by atoms with Gasteiger partial charge >= 0.3 is 0 Å². The zero-order valence-corrected chi connectivity index (χ0v) is 14.9. The van der Waals surface area contributed by atoms with Gasteiger partial charge in [0, 0.05) is 24.3 Å². The lowest BCUT2D eigenvalue weighted by Crippen LogP contribution is -2.23. The molecule has 1 aromatic carbocycles. The molecule has 0 saturated carbocycles. The first kappa shape index (κ1) is 17.1. The monoisotopic (exact) mass is 337 g/mol. The molecule has 1 aliphatic rings. The fourth-order valence-electron chi connectivity index (χ4n) is 3.30. The quantitative estimate of drug-likeness (QED) is 0.931. The fraction of sp³-hybridized carbons (Fsp3) is 0.350. The van der Waals surface area contributed by atoms with Crippen molar-refractivity contribution in [3.63, 3.8) is 0 Å². The number of anilines is 2. The standard InChI is InChI=1S/C20H23N3O2/c1-13-11-14(2)21-15(3)20(13)22-18(24)12-16-6-8-17(9-7-16)23-10-4-5-19(23)25/h6-9,11H,4-5,10,12H2,1-3H3,(H,22,24). The van der Waals surface area contributed by atoms with Gasteiger partial charge in [-0.25, -0.2) is 0 Å². The lowest BCUT2D eigenvalue weighted by Gasteiger charge is -2.16. The molecule has 0 spiro atoms. The van der Waals surface area contributed by atoms with Gasteiger partial charge in [0.1, 0.15) is 0 Å². The summed E-state index contributed by atoms with van der Waals surface area (Å²) in [6.07, 6.45) is 1.82. The van der Waals surface area contributed by atoms with Gasteiger partial charge in [-0.3, -0.25) is 14.6 Å². The van der Waals surface area contributed by atoms with Crippen LogP contribution < -0.4 is 10.2 Å². The van der Waals surface area contributed by atoms with Gasteiger partial charge in [-0.1, -0.05) is 12.1 Å². The number of rotatable bonds is 4. The summed E-state index contributed by atoms with van der Waals surface area (Å²) >= 11 is 0. The number of carbonyl (C=O) groups is 2. The molecule has 1 aromatic heterocycles. The number of benzene rings is 1. The molecule has 3 rings (SSSR count). The zero-order valence-electron chi connectivity index (χ0n) is 14.9. The van der Waals surface area contributed by atoms with E-state index in [-0.39, 0.29) is 11.8 Å². The van der Waals surface area contributed by atoms with Gasteiger partial charge in [0.2, 0.25) is 11.8 Å². The van der Waals surface area contributed by atoms with Gasteiger partial charge in [-0.05, 0) is 56.5 Å². The van der Waals surface area contributed by atoms with Crippen LogP contribution in [0.5, 0.6) is 0 Å². The minimum absolute atomic E-state index is 0.0677. The Morgan fingerprint density at radius 3 is 2.52 bits per heavy atom. The van der Waals surface area contributed by atoms with E-state index in [1.807, 2.05) is 51.1 Å². The van der Waals surface area contributed by atoms with Crippen molar-refractivity contribution in [1.29, 1.82) is 0 Å². The molecule has 5 nitrogen and oxygen atoms in total. The second-order valence-corrected chi connectivity index (χ2v) is 6.58. The van der Waals surface area contributed by atoms with Crippen molar-refractivity contribution < 1.29 is 9.59 Å². The summed E-state index contributed by atoms with van der Waals surface area (Å²) in [6, 6.07) is 9.61. The molecule has 0 radical (unpaired) electrons. The zero-order chi connectivity index (χ0) is 18.0. The summed E-state index contributed by atoms with van der Waals surface area (Å²) in [5.74, 6) is 0.102. The molecular formula is C20H23N3O2. The second-order valence-electron chi connectivity index (χ2n) is 6.58. The minimum atomic E-state index is -0.0677. The largest absolute Gasteiger partial charge is 0.324 e. The van der Waals surface area contributed by atoms with Gasteiger partial charge in [-0.2, -0.15) is 0 Å². The Labute approximate surface area is 148 Å². The molecule has 2 amide bonds. The predicted molar refractivity (Wildman–Crippen MR) is 98.8 cm³/mol. The van der Waals surface area contributed by atoms with E-state index in [1.54, 1.807) is 4.90 Å². The molecule has 1 aliphatic heterocycles. The van der Waals surface area contributed by atoms with Crippen LogP contribution in [-0.4, -0.2) is 23.3 Å². The molecule has 0 aliphatic carbocycles. The molecular weight excluding hydrogens is 314 g/mol. The molecule has 2 heterocycles. The molecule has 0 atom stereocenters. The fourth-order valence-corrected chi connectivity index (χ4v) is 3.30. The van der Waals surface area contributed by atoms with E-state index in [4.69, 9.17) is 0 Å². The number of pyridine rings is 1. The van der Waals surface area contributed by atoms with E-state index < -0.39 is 0 Å². The summed E-state index contributed by atoms with van der Waals surface area (Å²) in [5.41, 5.74) is 5.40. The van der Waals surface area contributed by atoms with E-state index in [0.29, 0.717) is 12.8 Å². The average Bonchev–Trinajstić information content (AvgIpc) is 2.98. The number of hydrogen-bond acceptors (Lipinski definition) is 3. The first-order valence-electron chi connectivity index (χ1n) is 8.58. The maximum absolute atomic E-state index is 12.4. The van der Waals surface area contributed by atoms with Crippen molar-refractivity contribution in [2.75, 3.05) is 16.8 Å². The smallest absolute Gasteiger partial charge is 0.228 e. The molecule has 25 heavy (non-hydrogen) atoms. The first-order chi connectivity index (χ1) is 11.9. The molecule has 2 aromatic rings. The lowest BCUT2D eigenvalue weighted by molar-refractivity contribution is -0.117. The van der Waals surface area contributed by atoms with Crippen LogP contribution in [0.2, 0.25) is 0 Å². The van der Waals surface area contributed by atoms with Crippen molar-refractivity contribution in [3.05, 3.63) is 52.8 Å². The molecule has 0 bridgehead atoms. The highest BCUT2D eigenvalue weighted by molar-refractivity contribution is 5.96. The van der Waals surface area contributed by atoms with E-state index in [2.05, 4.69) is 10.3 Å². The van der Waals surface area contributed by atoms with Gasteiger partial charge in [-0.15, -0.1) is 0 Å². The number of aromatic nitrogens is 1. The van der Waals surface area contributed by atoms with Crippen molar-refractivity contribution >= 4 is 23.2 Å². The maximum atomic E-state index is 12.4. The topological polar surface area (TPSA) is 62.3 Å². The van der Waals surface area contributed by atoms with Crippen molar-refractivity contribution in [2.24, 2.45) is 0 Å².